The molecule has 0 saturated carbocycles. The molecule has 1 N–H and O–H groups in total. The number of thiocarbonyl (C=S) groups is 1. The molecule has 0 aliphatic carbocycles. The van der Waals surface area contributed by atoms with E-state index in [1.807, 2.05) is 0 Å². The van der Waals surface area contributed by atoms with Gasteiger partial charge in [0.15, 0.2) is 14.9 Å². The fraction of sp³-hybridized carbons (Fsp3) is 0.312. The van der Waals surface area contributed by atoms with Crippen molar-refractivity contribution in [3.63, 3.8) is 0 Å². The topological polar surface area (TPSA) is 62.6 Å². The number of sulfone groups is 1. The minimum atomic E-state index is -3.07. The summed E-state index contributed by atoms with van der Waals surface area (Å²) in [6, 6.07) is 9.50. The van der Waals surface area contributed by atoms with E-state index in [1.165, 1.54) is 6.07 Å². The maximum atomic E-state index is 13.8. The lowest BCUT2D eigenvalue weighted by Gasteiger charge is -2.30. The van der Waals surface area contributed by atoms with Crippen molar-refractivity contribution in [1.82, 2.24) is 4.90 Å². The molecular weight excluding hydrogens is 351 g/mol. The molecule has 1 aliphatic heterocycles. The summed E-state index contributed by atoms with van der Waals surface area (Å²) in [7, 11) is -3.07. The molecule has 8 heteroatoms. The van der Waals surface area contributed by atoms with Gasteiger partial charge in [-0.3, -0.25) is 0 Å². The van der Waals surface area contributed by atoms with E-state index in [1.54, 1.807) is 41.5 Å². The highest BCUT2D eigenvalue weighted by molar-refractivity contribution is 7.91. The predicted octanol–water partition coefficient (Wildman–Crippen LogP) is 2.80. The molecule has 5 nitrogen and oxygen atoms in total. The molecule has 0 spiro atoms. The number of hydrogen-bond acceptors (Lipinski definition) is 4. The van der Waals surface area contributed by atoms with E-state index >= 15 is 0 Å². The van der Waals surface area contributed by atoms with Crippen LogP contribution in [0.2, 0.25) is 0 Å². The zero-order valence-corrected chi connectivity index (χ0v) is 14.4. The lowest BCUT2D eigenvalue weighted by atomic mass is 10.2. The molecule has 0 unspecified atom stereocenters. The maximum Gasteiger partial charge on any atom is 0.174 e. The molecule has 1 aromatic carbocycles. The van der Waals surface area contributed by atoms with Crippen molar-refractivity contribution >= 4 is 32.9 Å². The van der Waals surface area contributed by atoms with Gasteiger partial charge >= 0.3 is 0 Å². The van der Waals surface area contributed by atoms with Gasteiger partial charge in [-0.15, -0.1) is 0 Å². The van der Waals surface area contributed by atoms with Crippen LogP contribution in [-0.2, 0) is 16.4 Å². The molecule has 2 aromatic rings. The normalized spacial score (nSPS) is 19.1. The zero-order valence-electron chi connectivity index (χ0n) is 12.8. The van der Waals surface area contributed by atoms with Gasteiger partial charge in [-0.05, 0) is 42.9 Å². The third kappa shape index (κ3) is 3.93. The van der Waals surface area contributed by atoms with E-state index in [4.69, 9.17) is 16.6 Å². The Bertz CT molecular complexity index is 822. The average molecular weight is 368 g/mol. The lowest BCUT2D eigenvalue weighted by molar-refractivity contribution is 0.302. The Labute approximate surface area is 145 Å². The molecule has 1 atom stereocenters. The first-order valence-electron chi connectivity index (χ1n) is 7.49. The van der Waals surface area contributed by atoms with Crippen LogP contribution in [0.15, 0.2) is 47.1 Å². The molecule has 0 amide bonds. The third-order valence-corrected chi connectivity index (χ3v) is 6.02. The van der Waals surface area contributed by atoms with Crippen molar-refractivity contribution in [3.8, 4) is 0 Å². The fourth-order valence-corrected chi connectivity index (χ4v) is 4.76. The summed E-state index contributed by atoms with van der Waals surface area (Å²) >= 11 is 5.41. The summed E-state index contributed by atoms with van der Waals surface area (Å²) in [4.78, 5) is 1.76. The number of halogens is 1. The van der Waals surface area contributed by atoms with Gasteiger partial charge in [0.25, 0.3) is 0 Å². The molecule has 1 saturated heterocycles. The van der Waals surface area contributed by atoms with Crippen LogP contribution in [0.3, 0.4) is 0 Å². The summed E-state index contributed by atoms with van der Waals surface area (Å²) in [5.41, 5.74) is 0.257. The van der Waals surface area contributed by atoms with E-state index in [0.717, 1.165) is 0 Å². The van der Waals surface area contributed by atoms with Gasteiger partial charge in [0.1, 0.15) is 11.6 Å². The average Bonchev–Trinajstić information content (AvgIpc) is 3.16. The number of para-hydroxylation sites is 1. The number of nitrogens with one attached hydrogen (secondary N) is 1. The van der Waals surface area contributed by atoms with Crippen LogP contribution in [0, 0.1) is 5.82 Å². The first-order valence-corrected chi connectivity index (χ1v) is 9.72. The summed E-state index contributed by atoms with van der Waals surface area (Å²) in [5.74, 6) is 0.412. The standard InChI is InChI=1S/C16H17FN2O3S2/c17-14-5-1-2-6-15(14)18-16(23)19(10-13-4-3-8-22-13)12-7-9-24(20,21)11-12/h1-6,8,12H,7,9-11H2,(H,18,23)/t12-/m1/s1. The van der Waals surface area contributed by atoms with Crippen LogP contribution in [0.1, 0.15) is 12.2 Å². The molecule has 2 heterocycles. The Morgan fingerprint density at radius 1 is 1.33 bits per heavy atom. The molecule has 0 radical (unpaired) electrons. The zero-order chi connectivity index (χ0) is 17.2. The highest BCUT2D eigenvalue weighted by Gasteiger charge is 2.34. The first-order chi connectivity index (χ1) is 11.4. The van der Waals surface area contributed by atoms with E-state index in [2.05, 4.69) is 5.32 Å². The molecule has 1 fully saturated rings. The SMILES string of the molecule is O=S1(=O)CC[C@@H](N(Cc2ccco2)C(=S)Nc2ccccc2F)C1. The Morgan fingerprint density at radius 2 is 2.12 bits per heavy atom. The first kappa shape index (κ1) is 16.9. The molecule has 0 bridgehead atoms. The number of anilines is 1. The monoisotopic (exact) mass is 368 g/mol. The number of nitrogens with zero attached hydrogens (tertiary/aromatic N) is 1. The lowest BCUT2D eigenvalue weighted by Crippen LogP contribution is -2.43. The Morgan fingerprint density at radius 3 is 2.75 bits per heavy atom. The summed E-state index contributed by atoms with van der Waals surface area (Å²) < 4.78 is 42.8. The van der Waals surface area contributed by atoms with E-state index < -0.39 is 15.7 Å². The van der Waals surface area contributed by atoms with Gasteiger partial charge in [-0.2, -0.15) is 0 Å². The molecule has 24 heavy (non-hydrogen) atoms. The van der Waals surface area contributed by atoms with Crippen molar-refractivity contribution < 1.29 is 17.2 Å². The van der Waals surface area contributed by atoms with E-state index in [9.17, 15) is 12.8 Å². The van der Waals surface area contributed by atoms with Crippen LogP contribution in [0.25, 0.3) is 0 Å². The quantitative estimate of drug-likeness (QED) is 0.838. The van der Waals surface area contributed by atoms with Gasteiger partial charge in [0.2, 0.25) is 0 Å². The minimum absolute atomic E-state index is 0.0345. The van der Waals surface area contributed by atoms with E-state index in [0.29, 0.717) is 18.7 Å². The van der Waals surface area contributed by atoms with Crippen LogP contribution in [0.5, 0.6) is 0 Å². The van der Waals surface area contributed by atoms with Gasteiger partial charge in [0.05, 0.1) is 30.0 Å². The van der Waals surface area contributed by atoms with Crippen molar-refractivity contribution in [2.45, 2.75) is 19.0 Å². The maximum absolute atomic E-state index is 13.8. The highest BCUT2D eigenvalue weighted by Crippen LogP contribution is 2.22. The summed E-state index contributed by atoms with van der Waals surface area (Å²) in [5, 5.41) is 3.15. The van der Waals surface area contributed by atoms with Gasteiger partial charge in [-0.1, -0.05) is 12.1 Å². The molecule has 1 aliphatic rings. The van der Waals surface area contributed by atoms with Crippen molar-refractivity contribution in [3.05, 3.63) is 54.2 Å². The number of benzene rings is 1. The Hall–Kier alpha value is -1.93. The summed E-state index contributed by atoms with van der Waals surface area (Å²) in [6.45, 7) is 0.327. The van der Waals surface area contributed by atoms with Gasteiger partial charge in [0, 0.05) is 6.04 Å². The number of rotatable bonds is 4. The second-order valence-corrected chi connectivity index (χ2v) is 8.29. The molecule has 128 valence electrons. The smallest absolute Gasteiger partial charge is 0.174 e. The molecule has 3 rings (SSSR count). The number of hydrogen-bond donors (Lipinski definition) is 1. The van der Waals surface area contributed by atoms with Crippen LogP contribution in [0.4, 0.5) is 10.1 Å². The predicted molar refractivity (Wildman–Crippen MR) is 93.9 cm³/mol. The minimum Gasteiger partial charge on any atom is -0.467 e. The Balaban J connectivity index is 1.81. The van der Waals surface area contributed by atoms with Crippen LogP contribution >= 0.6 is 12.2 Å². The highest BCUT2D eigenvalue weighted by atomic mass is 32.2. The van der Waals surface area contributed by atoms with Crippen LogP contribution < -0.4 is 5.32 Å². The van der Waals surface area contributed by atoms with Crippen LogP contribution in [-0.4, -0.2) is 36.0 Å². The fourth-order valence-electron chi connectivity index (χ4n) is 2.71. The van der Waals surface area contributed by atoms with Crippen molar-refractivity contribution in [2.75, 3.05) is 16.8 Å². The molecular formula is C16H17FN2O3S2. The Kier molecular flexibility index (Phi) is 4.86. The van der Waals surface area contributed by atoms with E-state index in [-0.39, 0.29) is 28.3 Å². The van der Waals surface area contributed by atoms with Gasteiger partial charge in [-0.25, -0.2) is 12.8 Å². The third-order valence-electron chi connectivity index (χ3n) is 3.93. The molecule has 1 aromatic heterocycles. The van der Waals surface area contributed by atoms with Gasteiger partial charge < -0.3 is 14.6 Å². The van der Waals surface area contributed by atoms with Crippen molar-refractivity contribution in [2.24, 2.45) is 0 Å². The largest absolute Gasteiger partial charge is 0.467 e. The second-order valence-electron chi connectivity index (χ2n) is 5.67. The van der Waals surface area contributed by atoms with Crippen molar-refractivity contribution in [1.29, 1.82) is 0 Å². The second kappa shape index (κ2) is 6.90. The summed E-state index contributed by atoms with van der Waals surface area (Å²) in [6.07, 6.45) is 2.04. The number of furan rings is 1.